The molecule has 2 amide bonds. The lowest BCUT2D eigenvalue weighted by Gasteiger charge is -2.21. The van der Waals surface area contributed by atoms with Crippen molar-refractivity contribution in [2.75, 3.05) is 32.5 Å². The number of anilines is 1. The number of carbonyl (C=O) groups is 2. The van der Waals surface area contributed by atoms with Gasteiger partial charge in [-0.25, -0.2) is 14.0 Å². The first kappa shape index (κ1) is 15.2. The van der Waals surface area contributed by atoms with E-state index in [0.717, 1.165) is 24.6 Å². The van der Waals surface area contributed by atoms with Crippen molar-refractivity contribution in [1.82, 2.24) is 9.80 Å². The largest absolute Gasteiger partial charge is 0.478 e. The van der Waals surface area contributed by atoms with Crippen LogP contribution in [0.25, 0.3) is 0 Å². The number of urea groups is 1. The fourth-order valence-corrected chi connectivity index (χ4v) is 2.30. The predicted molar refractivity (Wildman–Crippen MR) is 76.0 cm³/mol. The number of nitrogens with one attached hydrogen (secondary N) is 1. The minimum Gasteiger partial charge on any atom is -0.478 e. The summed E-state index contributed by atoms with van der Waals surface area (Å²) in [5.41, 5.74) is -0.188. The molecule has 7 heteroatoms. The Hall–Kier alpha value is -2.15. The lowest BCUT2D eigenvalue weighted by Crippen LogP contribution is -2.37. The highest BCUT2D eigenvalue weighted by molar-refractivity contribution is 5.93. The summed E-state index contributed by atoms with van der Waals surface area (Å²) in [6, 6.07) is 3.18. The average molecular weight is 295 g/mol. The van der Waals surface area contributed by atoms with E-state index in [1.165, 1.54) is 0 Å². The molecule has 0 aliphatic carbocycles. The number of nitrogens with zero attached hydrogens (tertiary/aromatic N) is 2. The molecule has 2 N–H and O–H groups in total. The van der Waals surface area contributed by atoms with E-state index in [2.05, 4.69) is 5.32 Å². The Kier molecular flexibility index (Phi) is 4.42. The quantitative estimate of drug-likeness (QED) is 0.890. The number of carbonyl (C=O) groups excluding carboxylic acids is 1. The number of carboxylic acids is 1. The third-order valence-corrected chi connectivity index (χ3v) is 3.64. The Balaban J connectivity index is 2.06. The molecule has 2 rings (SSSR count). The van der Waals surface area contributed by atoms with Gasteiger partial charge in [0.05, 0.1) is 11.3 Å². The molecule has 1 aromatic carbocycles. The molecule has 1 fully saturated rings. The zero-order valence-electron chi connectivity index (χ0n) is 12.0. The normalized spacial score (nSPS) is 18.1. The number of rotatable bonds is 3. The van der Waals surface area contributed by atoms with Crippen molar-refractivity contribution in [3.05, 3.63) is 29.6 Å². The Bertz CT molecular complexity index is 562. The lowest BCUT2D eigenvalue weighted by atomic mass is 10.2. The first-order valence-corrected chi connectivity index (χ1v) is 6.63. The van der Waals surface area contributed by atoms with Crippen LogP contribution in [0.15, 0.2) is 18.2 Å². The summed E-state index contributed by atoms with van der Waals surface area (Å²) >= 11 is 0. The second-order valence-electron chi connectivity index (χ2n) is 5.28. The molecule has 21 heavy (non-hydrogen) atoms. The molecule has 1 aliphatic rings. The second-order valence-corrected chi connectivity index (χ2v) is 5.28. The Morgan fingerprint density at radius 3 is 2.71 bits per heavy atom. The van der Waals surface area contributed by atoms with Crippen molar-refractivity contribution in [2.24, 2.45) is 0 Å². The maximum atomic E-state index is 13.7. The van der Waals surface area contributed by atoms with Crippen molar-refractivity contribution >= 4 is 17.7 Å². The van der Waals surface area contributed by atoms with Crippen LogP contribution in [0.1, 0.15) is 16.8 Å². The molecule has 1 unspecified atom stereocenters. The van der Waals surface area contributed by atoms with Crippen LogP contribution >= 0.6 is 0 Å². The molecule has 6 nitrogen and oxygen atoms in total. The van der Waals surface area contributed by atoms with Crippen LogP contribution in [-0.2, 0) is 0 Å². The van der Waals surface area contributed by atoms with Gasteiger partial charge in [0.15, 0.2) is 0 Å². The van der Waals surface area contributed by atoms with Gasteiger partial charge < -0.3 is 20.2 Å². The highest BCUT2D eigenvalue weighted by atomic mass is 19.1. The summed E-state index contributed by atoms with van der Waals surface area (Å²) in [5.74, 6) is -1.82. The van der Waals surface area contributed by atoms with Crippen LogP contribution in [0, 0.1) is 5.82 Å². The molecule has 0 radical (unpaired) electrons. The van der Waals surface area contributed by atoms with Crippen molar-refractivity contribution in [1.29, 1.82) is 0 Å². The molecule has 114 valence electrons. The van der Waals surface area contributed by atoms with E-state index in [0.29, 0.717) is 13.1 Å². The maximum Gasteiger partial charge on any atom is 0.335 e. The zero-order chi connectivity index (χ0) is 15.6. The fourth-order valence-electron chi connectivity index (χ4n) is 2.30. The number of amides is 2. The van der Waals surface area contributed by atoms with Gasteiger partial charge in [0, 0.05) is 19.1 Å². The molecule has 0 bridgehead atoms. The number of hydrogen-bond donors (Lipinski definition) is 2. The number of likely N-dealkylation sites (N-methyl/N-ethyl adjacent to an activating group) is 1. The molecule has 1 heterocycles. The third-order valence-electron chi connectivity index (χ3n) is 3.64. The molecule has 1 saturated heterocycles. The highest BCUT2D eigenvalue weighted by Gasteiger charge is 2.27. The number of carboxylic acid groups (broad SMARTS) is 1. The smallest absolute Gasteiger partial charge is 0.335 e. The van der Waals surface area contributed by atoms with Crippen LogP contribution < -0.4 is 5.32 Å². The van der Waals surface area contributed by atoms with E-state index in [4.69, 9.17) is 5.11 Å². The number of benzene rings is 1. The number of hydrogen-bond acceptors (Lipinski definition) is 3. The molecular weight excluding hydrogens is 277 g/mol. The Labute approximate surface area is 122 Å². The maximum absolute atomic E-state index is 13.7. The van der Waals surface area contributed by atoms with Crippen LogP contribution in [0.2, 0.25) is 0 Å². The van der Waals surface area contributed by atoms with Crippen LogP contribution in [-0.4, -0.2) is 60.1 Å². The topological polar surface area (TPSA) is 72.9 Å². The Morgan fingerprint density at radius 2 is 2.14 bits per heavy atom. The van der Waals surface area contributed by atoms with Gasteiger partial charge >= 0.3 is 12.0 Å². The number of likely N-dealkylation sites (tertiary alicyclic amines) is 1. The van der Waals surface area contributed by atoms with Gasteiger partial charge in [-0.05, 0) is 38.7 Å². The SMILES string of the molecule is CN(C)C1CCN(C(=O)Nc2cc(C(=O)O)ccc2F)C1. The first-order valence-electron chi connectivity index (χ1n) is 6.63. The number of aromatic carboxylic acids is 1. The molecular formula is C14H18FN3O3. The van der Waals surface area contributed by atoms with Gasteiger partial charge in [-0.1, -0.05) is 0 Å². The zero-order valence-corrected chi connectivity index (χ0v) is 12.0. The van der Waals surface area contributed by atoms with Gasteiger partial charge in [-0.2, -0.15) is 0 Å². The monoisotopic (exact) mass is 295 g/mol. The van der Waals surface area contributed by atoms with Gasteiger partial charge in [-0.3, -0.25) is 0 Å². The average Bonchev–Trinajstić information content (AvgIpc) is 2.90. The van der Waals surface area contributed by atoms with Crippen LogP contribution in [0.4, 0.5) is 14.9 Å². The summed E-state index contributed by atoms with van der Waals surface area (Å²) in [7, 11) is 3.89. The van der Waals surface area contributed by atoms with Gasteiger partial charge in [0.2, 0.25) is 0 Å². The summed E-state index contributed by atoms with van der Waals surface area (Å²) < 4.78 is 13.7. The van der Waals surface area contributed by atoms with Gasteiger partial charge in [0.25, 0.3) is 0 Å². The fraction of sp³-hybridized carbons (Fsp3) is 0.429. The van der Waals surface area contributed by atoms with Crippen molar-refractivity contribution in [3.63, 3.8) is 0 Å². The van der Waals surface area contributed by atoms with Gasteiger partial charge in [0.1, 0.15) is 5.82 Å². The second kappa shape index (κ2) is 6.09. The summed E-state index contributed by atoms with van der Waals surface area (Å²) in [5, 5.41) is 11.3. The van der Waals surface area contributed by atoms with E-state index in [1.807, 2.05) is 19.0 Å². The molecule has 1 aliphatic heterocycles. The number of halogens is 1. The van der Waals surface area contributed by atoms with E-state index in [-0.39, 0.29) is 17.3 Å². The summed E-state index contributed by atoms with van der Waals surface area (Å²) in [6.45, 7) is 1.16. The first-order chi connectivity index (χ1) is 9.88. The summed E-state index contributed by atoms with van der Waals surface area (Å²) in [4.78, 5) is 26.6. The standard InChI is InChI=1S/C14H18FN3O3/c1-17(2)10-5-6-18(8-10)14(21)16-12-7-9(13(19)20)3-4-11(12)15/h3-4,7,10H,5-6,8H2,1-2H3,(H,16,21)(H,19,20). The van der Waals surface area contributed by atoms with E-state index in [1.54, 1.807) is 4.90 Å². The van der Waals surface area contributed by atoms with Crippen molar-refractivity contribution in [2.45, 2.75) is 12.5 Å². The van der Waals surface area contributed by atoms with E-state index < -0.39 is 17.8 Å². The minimum absolute atomic E-state index is 0.0701. The van der Waals surface area contributed by atoms with Gasteiger partial charge in [-0.15, -0.1) is 0 Å². The van der Waals surface area contributed by atoms with E-state index in [9.17, 15) is 14.0 Å². The van der Waals surface area contributed by atoms with E-state index >= 15 is 0 Å². The molecule has 1 aromatic rings. The molecule has 0 spiro atoms. The highest BCUT2D eigenvalue weighted by Crippen LogP contribution is 2.19. The Morgan fingerprint density at radius 1 is 1.43 bits per heavy atom. The van der Waals surface area contributed by atoms with Crippen LogP contribution in [0.3, 0.4) is 0 Å². The van der Waals surface area contributed by atoms with Crippen molar-refractivity contribution in [3.8, 4) is 0 Å². The van der Waals surface area contributed by atoms with Crippen molar-refractivity contribution < 1.29 is 19.1 Å². The molecule has 0 aromatic heterocycles. The molecule has 0 saturated carbocycles. The predicted octanol–water partition coefficient (Wildman–Crippen LogP) is 1.69. The molecule has 1 atom stereocenters. The van der Waals surface area contributed by atoms with Crippen LogP contribution in [0.5, 0.6) is 0 Å². The third kappa shape index (κ3) is 3.49. The minimum atomic E-state index is -1.17. The lowest BCUT2D eigenvalue weighted by molar-refractivity contribution is 0.0697. The summed E-state index contributed by atoms with van der Waals surface area (Å²) in [6.07, 6.45) is 0.859.